The highest BCUT2D eigenvalue weighted by Crippen LogP contribution is 2.49. The molecule has 1 aliphatic carbocycles. The van der Waals surface area contributed by atoms with Crippen LogP contribution in [-0.2, 0) is 12.5 Å². The molecule has 2 aromatic rings. The predicted octanol–water partition coefficient (Wildman–Crippen LogP) is 2.84. The molecule has 1 heteroatoms. The number of nitrogens with zero attached hydrogens (tertiary/aromatic N) is 1. The molecule has 1 aromatic carbocycles. The lowest BCUT2D eigenvalue weighted by atomic mass is 9.94. The Morgan fingerprint density at radius 3 is 2.80 bits per heavy atom. The third-order valence-electron chi connectivity index (χ3n) is 3.47. The molecule has 1 saturated carbocycles. The van der Waals surface area contributed by atoms with Crippen LogP contribution in [0.1, 0.15) is 18.4 Å². The molecule has 0 aliphatic heterocycles. The lowest BCUT2D eigenvalue weighted by Gasteiger charge is -2.09. The van der Waals surface area contributed by atoms with Crippen molar-refractivity contribution >= 4 is 10.9 Å². The number of benzene rings is 1. The molecule has 3 rings (SSSR count). The normalized spacial score (nSPS) is 17.6. The Kier molecular flexibility index (Phi) is 1.53. The molecule has 1 aromatic heterocycles. The first-order valence-corrected chi connectivity index (χ1v) is 5.29. The first kappa shape index (κ1) is 8.61. The summed E-state index contributed by atoms with van der Waals surface area (Å²) in [6.07, 6.45) is 10.0. The van der Waals surface area contributed by atoms with Crippen LogP contribution in [-0.4, -0.2) is 4.57 Å². The Hall–Kier alpha value is -1.68. The van der Waals surface area contributed by atoms with Crippen molar-refractivity contribution in [2.45, 2.75) is 18.3 Å². The number of terminal acetylenes is 1. The van der Waals surface area contributed by atoms with Gasteiger partial charge in [-0.2, -0.15) is 0 Å². The van der Waals surface area contributed by atoms with Gasteiger partial charge in [0.15, 0.2) is 0 Å². The molecule has 1 heterocycles. The second-order valence-corrected chi connectivity index (χ2v) is 4.39. The summed E-state index contributed by atoms with van der Waals surface area (Å²) in [7, 11) is 2.07. The molecule has 0 atom stereocenters. The zero-order valence-corrected chi connectivity index (χ0v) is 8.83. The molecule has 0 spiro atoms. The van der Waals surface area contributed by atoms with E-state index in [-0.39, 0.29) is 5.41 Å². The summed E-state index contributed by atoms with van der Waals surface area (Å²) in [6.45, 7) is 0. The molecule has 0 amide bonds. The highest BCUT2D eigenvalue weighted by molar-refractivity contribution is 5.86. The quantitative estimate of drug-likeness (QED) is 0.617. The molecule has 0 unspecified atom stereocenters. The van der Waals surface area contributed by atoms with Crippen LogP contribution in [0, 0.1) is 12.3 Å². The standard InChI is InChI=1S/C14H13N/c1-3-14(8-9-14)12-5-4-6-13-11(12)7-10-15(13)2/h1,4-7,10H,8-9H2,2H3. The fourth-order valence-corrected chi connectivity index (χ4v) is 2.34. The van der Waals surface area contributed by atoms with Crippen LogP contribution >= 0.6 is 0 Å². The summed E-state index contributed by atoms with van der Waals surface area (Å²) in [5, 5.41) is 1.32. The molecule has 0 N–H and O–H groups in total. The van der Waals surface area contributed by atoms with E-state index in [9.17, 15) is 0 Å². The predicted molar refractivity (Wildman–Crippen MR) is 62.7 cm³/mol. The first-order valence-electron chi connectivity index (χ1n) is 5.29. The Balaban J connectivity index is 2.33. The Morgan fingerprint density at radius 2 is 2.13 bits per heavy atom. The molecule has 74 valence electrons. The third-order valence-corrected chi connectivity index (χ3v) is 3.47. The molecular formula is C14H13N. The van der Waals surface area contributed by atoms with Crippen molar-refractivity contribution in [3.05, 3.63) is 36.0 Å². The van der Waals surface area contributed by atoms with Crippen molar-refractivity contribution < 1.29 is 0 Å². The topological polar surface area (TPSA) is 4.93 Å². The highest BCUT2D eigenvalue weighted by Gasteiger charge is 2.43. The van der Waals surface area contributed by atoms with Crippen LogP contribution in [0.25, 0.3) is 10.9 Å². The summed E-state index contributed by atoms with van der Waals surface area (Å²) in [4.78, 5) is 0. The van der Waals surface area contributed by atoms with E-state index in [2.05, 4.69) is 48.0 Å². The van der Waals surface area contributed by atoms with E-state index in [4.69, 9.17) is 6.42 Å². The molecule has 1 aliphatic rings. The van der Waals surface area contributed by atoms with E-state index in [0.717, 1.165) is 12.8 Å². The van der Waals surface area contributed by atoms with E-state index >= 15 is 0 Å². The molecular weight excluding hydrogens is 182 g/mol. The van der Waals surface area contributed by atoms with Crippen LogP contribution in [0.2, 0.25) is 0 Å². The summed E-state index contributed by atoms with van der Waals surface area (Å²) in [5.74, 6) is 2.96. The van der Waals surface area contributed by atoms with Crippen LogP contribution in [0.15, 0.2) is 30.5 Å². The van der Waals surface area contributed by atoms with Crippen molar-refractivity contribution in [2.75, 3.05) is 0 Å². The van der Waals surface area contributed by atoms with Crippen molar-refractivity contribution in [3.8, 4) is 12.3 Å². The number of hydrogen-bond donors (Lipinski definition) is 0. The summed E-state index contributed by atoms with van der Waals surface area (Å²) < 4.78 is 2.14. The van der Waals surface area contributed by atoms with Gasteiger partial charge in [-0.05, 0) is 30.5 Å². The van der Waals surface area contributed by atoms with Gasteiger partial charge in [0, 0.05) is 24.1 Å². The van der Waals surface area contributed by atoms with Gasteiger partial charge in [-0.25, -0.2) is 0 Å². The lowest BCUT2D eigenvalue weighted by molar-refractivity contribution is 0.940. The number of hydrogen-bond acceptors (Lipinski definition) is 0. The molecule has 15 heavy (non-hydrogen) atoms. The third kappa shape index (κ3) is 1.05. The van der Waals surface area contributed by atoms with Gasteiger partial charge in [0.2, 0.25) is 0 Å². The molecule has 0 saturated heterocycles. The minimum atomic E-state index is 0.0425. The van der Waals surface area contributed by atoms with Gasteiger partial charge in [0.05, 0.1) is 5.41 Å². The van der Waals surface area contributed by atoms with Gasteiger partial charge in [-0.3, -0.25) is 0 Å². The monoisotopic (exact) mass is 195 g/mol. The summed E-state index contributed by atoms with van der Waals surface area (Å²) in [6, 6.07) is 8.60. The van der Waals surface area contributed by atoms with Gasteiger partial charge in [-0.1, -0.05) is 18.1 Å². The van der Waals surface area contributed by atoms with Gasteiger partial charge < -0.3 is 4.57 Å². The summed E-state index contributed by atoms with van der Waals surface area (Å²) >= 11 is 0. The van der Waals surface area contributed by atoms with Crippen LogP contribution in [0.3, 0.4) is 0 Å². The minimum Gasteiger partial charge on any atom is -0.351 e. The van der Waals surface area contributed by atoms with E-state index < -0.39 is 0 Å². The van der Waals surface area contributed by atoms with Crippen LogP contribution < -0.4 is 0 Å². The zero-order valence-electron chi connectivity index (χ0n) is 8.83. The van der Waals surface area contributed by atoms with Crippen molar-refractivity contribution in [3.63, 3.8) is 0 Å². The Morgan fingerprint density at radius 1 is 1.33 bits per heavy atom. The SMILES string of the molecule is C#CC1(c2cccc3c2ccn3C)CC1. The number of aromatic nitrogens is 1. The summed E-state index contributed by atoms with van der Waals surface area (Å²) in [5.41, 5.74) is 2.65. The van der Waals surface area contributed by atoms with Crippen molar-refractivity contribution in [1.82, 2.24) is 4.57 Å². The minimum absolute atomic E-state index is 0.0425. The molecule has 0 bridgehead atoms. The largest absolute Gasteiger partial charge is 0.351 e. The van der Waals surface area contributed by atoms with Crippen LogP contribution in [0.5, 0.6) is 0 Å². The smallest absolute Gasteiger partial charge is 0.0568 e. The van der Waals surface area contributed by atoms with E-state index in [1.54, 1.807) is 0 Å². The second-order valence-electron chi connectivity index (χ2n) is 4.39. The second kappa shape index (κ2) is 2.67. The van der Waals surface area contributed by atoms with Crippen LogP contribution in [0.4, 0.5) is 0 Å². The molecule has 0 radical (unpaired) electrons. The average Bonchev–Trinajstić information content (AvgIpc) is 2.98. The Bertz CT molecular complexity index is 565. The van der Waals surface area contributed by atoms with Gasteiger partial charge in [0.25, 0.3) is 0 Å². The number of rotatable bonds is 1. The van der Waals surface area contributed by atoms with Gasteiger partial charge in [0.1, 0.15) is 0 Å². The fraction of sp³-hybridized carbons (Fsp3) is 0.286. The van der Waals surface area contributed by atoms with Gasteiger partial charge in [-0.15, -0.1) is 6.42 Å². The maximum atomic E-state index is 5.64. The van der Waals surface area contributed by atoms with E-state index in [1.165, 1.54) is 16.5 Å². The average molecular weight is 195 g/mol. The van der Waals surface area contributed by atoms with E-state index in [1.807, 2.05) is 0 Å². The van der Waals surface area contributed by atoms with Crippen molar-refractivity contribution in [2.24, 2.45) is 7.05 Å². The number of fused-ring (bicyclic) bond motifs is 1. The van der Waals surface area contributed by atoms with Crippen molar-refractivity contribution in [1.29, 1.82) is 0 Å². The highest BCUT2D eigenvalue weighted by atomic mass is 14.9. The maximum absolute atomic E-state index is 5.64. The van der Waals surface area contributed by atoms with E-state index in [0.29, 0.717) is 0 Å². The lowest BCUT2D eigenvalue weighted by Crippen LogP contribution is -2.02. The fourth-order valence-electron chi connectivity index (χ4n) is 2.34. The molecule has 1 fully saturated rings. The zero-order chi connectivity index (χ0) is 10.5. The molecule has 1 nitrogen and oxygen atoms in total. The first-order chi connectivity index (χ1) is 7.27. The van der Waals surface area contributed by atoms with Gasteiger partial charge >= 0.3 is 0 Å². The Labute approximate surface area is 89.7 Å². The maximum Gasteiger partial charge on any atom is 0.0568 e. The number of aryl methyl sites for hydroxylation is 1.